The Kier molecular flexibility index (Phi) is 4.98. The number of carbonyl (C=O) groups is 2. The Morgan fingerprint density at radius 2 is 2.05 bits per heavy atom. The molecule has 1 unspecified atom stereocenters. The summed E-state index contributed by atoms with van der Waals surface area (Å²) >= 11 is 0. The zero-order valence-electron chi connectivity index (χ0n) is 12.0. The molecule has 1 aliphatic carbocycles. The molecule has 0 heterocycles. The predicted octanol–water partition coefficient (Wildman–Crippen LogP) is 1.48. The van der Waals surface area contributed by atoms with Gasteiger partial charge in [0.1, 0.15) is 5.75 Å². The average molecular weight is 288 g/mol. The van der Waals surface area contributed by atoms with Crippen molar-refractivity contribution in [3.63, 3.8) is 0 Å². The fourth-order valence-corrected chi connectivity index (χ4v) is 1.99. The zero-order valence-corrected chi connectivity index (χ0v) is 12.0. The van der Waals surface area contributed by atoms with Gasteiger partial charge in [-0.15, -0.1) is 0 Å². The maximum Gasteiger partial charge on any atom is 0.255 e. The molecule has 0 aromatic heterocycles. The van der Waals surface area contributed by atoms with Gasteiger partial charge in [0.05, 0.1) is 0 Å². The van der Waals surface area contributed by atoms with Crippen LogP contribution < -0.4 is 15.8 Å². The van der Waals surface area contributed by atoms with Gasteiger partial charge in [-0.25, -0.2) is 0 Å². The highest BCUT2D eigenvalue weighted by atomic mass is 16.5. The quantitative estimate of drug-likeness (QED) is 0.746. The third kappa shape index (κ3) is 5.30. The lowest BCUT2D eigenvalue weighted by atomic mass is 10.2. The van der Waals surface area contributed by atoms with Crippen molar-refractivity contribution in [1.82, 2.24) is 5.32 Å². The van der Waals surface area contributed by atoms with Gasteiger partial charge in [0.15, 0.2) is 6.61 Å². The Bertz CT molecular complexity index is 533. The van der Waals surface area contributed by atoms with E-state index in [4.69, 9.17) is 10.5 Å². The molecule has 1 aromatic carbocycles. The Morgan fingerprint density at radius 3 is 2.62 bits per heavy atom. The van der Waals surface area contributed by atoms with Gasteiger partial charge in [-0.05, 0) is 49.5 Å². The number of nitrogens with one attached hydrogen (secondary N) is 1. The van der Waals surface area contributed by atoms with Crippen LogP contribution in [0.5, 0.6) is 5.75 Å². The van der Waals surface area contributed by atoms with Crippen molar-refractivity contribution in [2.45, 2.75) is 25.8 Å². The van der Waals surface area contributed by atoms with E-state index >= 15 is 0 Å². The molecule has 5 nitrogen and oxygen atoms in total. The minimum Gasteiger partial charge on any atom is -0.484 e. The smallest absolute Gasteiger partial charge is 0.255 e. The molecule has 2 amide bonds. The van der Waals surface area contributed by atoms with Gasteiger partial charge in [0, 0.05) is 12.1 Å². The van der Waals surface area contributed by atoms with Gasteiger partial charge >= 0.3 is 0 Å². The van der Waals surface area contributed by atoms with E-state index in [9.17, 15) is 9.59 Å². The van der Waals surface area contributed by atoms with Crippen LogP contribution in [0.25, 0.3) is 6.08 Å². The number of hydrogen-bond acceptors (Lipinski definition) is 3. The first-order valence-corrected chi connectivity index (χ1v) is 7.04. The molecule has 21 heavy (non-hydrogen) atoms. The average Bonchev–Trinajstić information content (AvgIpc) is 3.28. The summed E-state index contributed by atoms with van der Waals surface area (Å²) in [5.41, 5.74) is 5.88. The van der Waals surface area contributed by atoms with Crippen molar-refractivity contribution in [2.75, 3.05) is 6.61 Å². The number of nitrogens with two attached hydrogens (primary N) is 1. The van der Waals surface area contributed by atoms with E-state index in [1.54, 1.807) is 18.2 Å². The minimum atomic E-state index is -0.513. The highest BCUT2D eigenvalue weighted by Gasteiger charge is 2.28. The lowest BCUT2D eigenvalue weighted by Crippen LogP contribution is -2.32. The summed E-state index contributed by atoms with van der Waals surface area (Å²) in [6.07, 6.45) is 5.68. The summed E-state index contributed by atoms with van der Waals surface area (Å²) in [7, 11) is 0. The number of hydrogen-bond donors (Lipinski definition) is 2. The van der Waals surface area contributed by atoms with Crippen LogP contribution >= 0.6 is 0 Å². The van der Waals surface area contributed by atoms with E-state index in [0.717, 1.165) is 5.56 Å². The number of benzene rings is 1. The van der Waals surface area contributed by atoms with Crippen LogP contribution in [0.15, 0.2) is 30.3 Å². The van der Waals surface area contributed by atoms with Gasteiger partial charge < -0.3 is 15.8 Å². The van der Waals surface area contributed by atoms with Crippen LogP contribution in [0.2, 0.25) is 0 Å². The van der Waals surface area contributed by atoms with Crippen molar-refractivity contribution in [3.05, 3.63) is 35.9 Å². The summed E-state index contributed by atoms with van der Waals surface area (Å²) in [4.78, 5) is 22.3. The SMILES string of the molecule is CC(NC(=O)/C=C/c1ccc(OCC(N)=O)cc1)C1CC1. The second kappa shape index (κ2) is 6.92. The van der Waals surface area contributed by atoms with Crippen LogP contribution in [0.3, 0.4) is 0 Å². The fourth-order valence-electron chi connectivity index (χ4n) is 1.99. The summed E-state index contributed by atoms with van der Waals surface area (Å²) < 4.78 is 5.16. The molecule has 0 radical (unpaired) electrons. The standard InChI is InChI=1S/C16H20N2O3/c1-11(13-5-6-13)18-16(20)9-4-12-2-7-14(8-3-12)21-10-15(17)19/h2-4,7-9,11,13H,5-6,10H2,1H3,(H2,17,19)(H,18,20)/b9-4+. The van der Waals surface area contributed by atoms with Crippen molar-refractivity contribution in [1.29, 1.82) is 0 Å². The molecular formula is C16H20N2O3. The number of carbonyl (C=O) groups excluding carboxylic acids is 2. The number of ether oxygens (including phenoxy) is 1. The van der Waals surface area contributed by atoms with Crippen LogP contribution in [0.1, 0.15) is 25.3 Å². The maximum absolute atomic E-state index is 11.7. The first-order chi connectivity index (χ1) is 10.0. The van der Waals surface area contributed by atoms with Gasteiger partial charge in [-0.1, -0.05) is 12.1 Å². The van der Waals surface area contributed by atoms with Crippen LogP contribution in [-0.4, -0.2) is 24.5 Å². The van der Waals surface area contributed by atoms with E-state index in [-0.39, 0.29) is 18.6 Å². The molecule has 1 saturated carbocycles. The third-order valence-electron chi connectivity index (χ3n) is 3.39. The summed E-state index contributed by atoms with van der Waals surface area (Å²) in [5.74, 6) is 0.616. The molecule has 1 aromatic rings. The molecule has 0 saturated heterocycles. The van der Waals surface area contributed by atoms with Crippen LogP contribution in [-0.2, 0) is 9.59 Å². The van der Waals surface area contributed by atoms with Gasteiger partial charge in [0.25, 0.3) is 5.91 Å². The second-order valence-corrected chi connectivity index (χ2v) is 5.29. The molecular weight excluding hydrogens is 268 g/mol. The Labute approximate surface area is 124 Å². The molecule has 1 aliphatic rings. The zero-order chi connectivity index (χ0) is 15.2. The van der Waals surface area contributed by atoms with Crippen molar-refractivity contribution in [2.24, 2.45) is 11.7 Å². The Morgan fingerprint density at radius 1 is 1.38 bits per heavy atom. The normalized spacial score (nSPS) is 15.7. The minimum absolute atomic E-state index is 0.0801. The molecule has 1 atom stereocenters. The first kappa shape index (κ1) is 15.1. The third-order valence-corrected chi connectivity index (χ3v) is 3.39. The number of primary amides is 1. The van der Waals surface area contributed by atoms with Crippen molar-refractivity contribution >= 4 is 17.9 Å². The highest BCUT2D eigenvalue weighted by Crippen LogP contribution is 2.32. The monoisotopic (exact) mass is 288 g/mol. The van der Waals surface area contributed by atoms with E-state index < -0.39 is 5.91 Å². The number of amides is 2. The van der Waals surface area contributed by atoms with E-state index in [0.29, 0.717) is 11.7 Å². The molecule has 2 rings (SSSR count). The van der Waals surface area contributed by atoms with E-state index in [2.05, 4.69) is 5.32 Å². The second-order valence-electron chi connectivity index (χ2n) is 5.29. The summed E-state index contributed by atoms with van der Waals surface area (Å²) in [5, 5.41) is 2.95. The van der Waals surface area contributed by atoms with Crippen LogP contribution in [0.4, 0.5) is 0 Å². The van der Waals surface area contributed by atoms with E-state index in [1.165, 1.54) is 18.9 Å². The lowest BCUT2D eigenvalue weighted by molar-refractivity contribution is -0.120. The molecule has 112 valence electrons. The Balaban J connectivity index is 1.82. The Hall–Kier alpha value is -2.30. The molecule has 1 fully saturated rings. The first-order valence-electron chi connectivity index (χ1n) is 7.04. The largest absolute Gasteiger partial charge is 0.484 e. The van der Waals surface area contributed by atoms with Crippen molar-refractivity contribution < 1.29 is 14.3 Å². The van der Waals surface area contributed by atoms with Crippen molar-refractivity contribution in [3.8, 4) is 5.75 Å². The lowest BCUT2D eigenvalue weighted by Gasteiger charge is -2.10. The van der Waals surface area contributed by atoms with Gasteiger partial charge in [0.2, 0.25) is 5.91 Å². The van der Waals surface area contributed by atoms with Gasteiger partial charge in [-0.3, -0.25) is 9.59 Å². The molecule has 0 aliphatic heterocycles. The van der Waals surface area contributed by atoms with E-state index in [1.807, 2.05) is 19.1 Å². The van der Waals surface area contributed by atoms with Crippen LogP contribution in [0, 0.1) is 5.92 Å². The fraction of sp³-hybridized carbons (Fsp3) is 0.375. The topological polar surface area (TPSA) is 81.4 Å². The molecule has 0 bridgehead atoms. The molecule has 0 spiro atoms. The highest BCUT2D eigenvalue weighted by molar-refractivity contribution is 5.91. The molecule has 3 N–H and O–H groups in total. The number of rotatable bonds is 7. The maximum atomic E-state index is 11.7. The summed E-state index contributed by atoms with van der Waals surface area (Å²) in [6, 6.07) is 7.32. The van der Waals surface area contributed by atoms with Gasteiger partial charge in [-0.2, -0.15) is 0 Å². The molecule has 5 heteroatoms. The predicted molar refractivity (Wildman–Crippen MR) is 80.5 cm³/mol. The summed E-state index contributed by atoms with van der Waals surface area (Å²) in [6.45, 7) is 1.89.